The van der Waals surface area contributed by atoms with Crippen LogP contribution in [0.2, 0.25) is 0 Å². The number of hydrogen-bond acceptors (Lipinski definition) is 5. The number of hydrogen-bond donors (Lipinski definition) is 1. The molecular formula is C16H19N3O2S2. The predicted octanol–water partition coefficient (Wildman–Crippen LogP) is 3.73. The number of ether oxygens (including phenoxy) is 1. The molecule has 0 fully saturated rings. The van der Waals surface area contributed by atoms with Crippen LogP contribution in [0.4, 0.5) is 0 Å². The quantitative estimate of drug-likeness (QED) is 0.762. The van der Waals surface area contributed by atoms with Crippen molar-refractivity contribution in [2.45, 2.75) is 44.7 Å². The summed E-state index contributed by atoms with van der Waals surface area (Å²) in [6.07, 6.45) is 1.78. The number of aryl methyl sites for hydroxylation is 2. The highest BCUT2D eigenvalue weighted by Gasteiger charge is 2.16. The molecule has 0 amide bonds. The van der Waals surface area contributed by atoms with Crippen LogP contribution in [-0.2, 0) is 16.6 Å². The number of aromatic nitrogens is 3. The topological polar surface area (TPSA) is 67.9 Å². The van der Waals surface area contributed by atoms with Crippen molar-refractivity contribution < 1.29 is 8.95 Å². The Morgan fingerprint density at radius 1 is 1.35 bits per heavy atom. The highest BCUT2D eigenvalue weighted by atomic mass is 32.2. The summed E-state index contributed by atoms with van der Waals surface area (Å²) in [5.41, 5.74) is 2.63. The number of aromatic amines is 1. The fraction of sp³-hybridized carbons (Fsp3) is 0.375. The number of imidazole rings is 1. The third kappa shape index (κ3) is 3.45. The van der Waals surface area contributed by atoms with Gasteiger partial charge < -0.3 is 9.72 Å². The minimum absolute atomic E-state index is 0.0957. The molecule has 7 heteroatoms. The number of H-pyrrole nitrogens is 1. The molecule has 3 heterocycles. The van der Waals surface area contributed by atoms with Gasteiger partial charge in [0.2, 0.25) is 0 Å². The van der Waals surface area contributed by atoms with Crippen LogP contribution in [-0.4, -0.2) is 25.3 Å². The maximum absolute atomic E-state index is 12.6. The maximum atomic E-state index is 12.6. The molecule has 0 saturated heterocycles. The molecule has 0 aliphatic carbocycles. The zero-order valence-electron chi connectivity index (χ0n) is 13.5. The summed E-state index contributed by atoms with van der Waals surface area (Å²) < 4.78 is 18.2. The second-order valence-electron chi connectivity index (χ2n) is 5.62. The van der Waals surface area contributed by atoms with E-state index >= 15 is 0 Å². The van der Waals surface area contributed by atoms with Crippen LogP contribution in [0.3, 0.4) is 0 Å². The Hall–Kier alpha value is -1.73. The van der Waals surface area contributed by atoms with Crippen molar-refractivity contribution in [2.24, 2.45) is 0 Å². The molecule has 1 N–H and O–H groups in total. The first kappa shape index (κ1) is 16.1. The van der Waals surface area contributed by atoms with Gasteiger partial charge >= 0.3 is 0 Å². The molecule has 0 saturated carbocycles. The Kier molecular flexibility index (Phi) is 4.50. The van der Waals surface area contributed by atoms with Crippen LogP contribution in [0.1, 0.15) is 29.3 Å². The number of nitrogens with zero attached hydrogens (tertiary/aromatic N) is 2. The lowest BCUT2D eigenvalue weighted by molar-refractivity contribution is 0.242. The summed E-state index contributed by atoms with van der Waals surface area (Å²) in [5, 5.41) is 0.506. The van der Waals surface area contributed by atoms with Gasteiger partial charge in [0.15, 0.2) is 5.16 Å². The number of rotatable bonds is 5. The van der Waals surface area contributed by atoms with Crippen molar-refractivity contribution in [1.82, 2.24) is 15.0 Å². The van der Waals surface area contributed by atoms with E-state index in [2.05, 4.69) is 15.0 Å². The maximum Gasteiger partial charge on any atom is 0.197 e. The number of thiophene rings is 1. The molecular weight excluding hydrogens is 330 g/mol. The van der Waals surface area contributed by atoms with Gasteiger partial charge in [-0.3, -0.25) is 9.19 Å². The fourth-order valence-corrected chi connectivity index (χ4v) is 4.31. The van der Waals surface area contributed by atoms with E-state index in [1.807, 2.05) is 39.8 Å². The molecule has 0 aromatic carbocycles. The molecule has 5 nitrogen and oxygen atoms in total. The van der Waals surface area contributed by atoms with E-state index < -0.39 is 10.8 Å². The lowest BCUT2D eigenvalue weighted by Crippen LogP contribution is -2.07. The summed E-state index contributed by atoms with van der Waals surface area (Å²) in [5.74, 6) is 1.06. The highest BCUT2D eigenvalue weighted by Crippen LogP contribution is 2.29. The van der Waals surface area contributed by atoms with Gasteiger partial charge in [-0.15, -0.1) is 11.3 Å². The van der Waals surface area contributed by atoms with Crippen molar-refractivity contribution in [2.75, 3.05) is 0 Å². The Labute approximate surface area is 141 Å². The van der Waals surface area contributed by atoms with Crippen LogP contribution >= 0.6 is 11.3 Å². The Morgan fingerprint density at radius 2 is 2.13 bits per heavy atom. The first-order chi connectivity index (χ1) is 10.9. The van der Waals surface area contributed by atoms with Gasteiger partial charge in [0.05, 0.1) is 33.9 Å². The molecule has 3 aromatic rings. The SMILES string of the molecule is Cc1sc(C)c2[nH]c(S(=O)Cc3cc(OC(C)C)ccn3)nc12. The van der Waals surface area contributed by atoms with Crippen molar-refractivity contribution in [3.63, 3.8) is 0 Å². The van der Waals surface area contributed by atoms with Crippen LogP contribution in [0.5, 0.6) is 5.75 Å². The van der Waals surface area contributed by atoms with E-state index in [1.54, 1.807) is 17.5 Å². The van der Waals surface area contributed by atoms with Gasteiger partial charge in [-0.2, -0.15) is 0 Å². The van der Waals surface area contributed by atoms with E-state index in [-0.39, 0.29) is 6.10 Å². The molecule has 1 atom stereocenters. The first-order valence-electron chi connectivity index (χ1n) is 7.39. The van der Waals surface area contributed by atoms with Gasteiger partial charge in [0, 0.05) is 22.0 Å². The second kappa shape index (κ2) is 6.41. The van der Waals surface area contributed by atoms with Crippen molar-refractivity contribution in [3.05, 3.63) is 33.8 Å². The monoisotopic (exact) mass is 349 g/mol. The van der Waals surface area contributed by atoms with E-state index in [1.165, 1.54) is 4.88 Å². The molecule has 1 unspecified atom stereocenters. The van der Waals surface area contributed by atoms with Gasteiger partial charge in [-0.1, -0.05) is 0 Å². The fourth-order valence-electron chi connectivity index (χ4n) is 2.38. The number of fused-ring (bicyclic) bond motifs is 1. The largest absolute Gasteiger partial charge is 0.491 e. The van der Waals surface area contributed by atoms with Crippen LogP contribution in [0, 0.1) is 13.8 Å². The van der Waals surface area contributed by atoms with Gasteiger partial charge in [-0.05, 0) is 33.8 Å². The molecule has 0 aliphatic rings. The standard InChI is InChI=1S/C16H19N3O2S2/c1-9(2)21-13-5-6-17-12(7-13)8-23(20)16-18-14-10(3)22-11(4)15(14)19-16/h5-7,9H,8H2,1-4H3,(H,18,19). The summed E-state index contributed by atoms with van der Waals surface area (Å²) in [6.45, 7) is 8.01. The van der Waals surface area contributed by atoms with Crippen molar-refractivity contribution >= 4 is 33.2 Å². The van der Waals surface area contributed by atoms with E-state index in [0.717, 1.165) is 27.4 Å². The van der Waals surface area contributed by atoms with Crippen molar-refractivity contribution in [3.8, 4) is 5.75 Å². The lowest BCUT2D eigenvalue weighted by atomic mass is 10.3. The minimum Gasteiger partial charge on any atom is -0.491 e. The molecule has 0 radical (unpaired) electrons. The van der Waals surface area contributed by atoms with Crippen molar-refractivity contribution in [1.29, 1.82) is 0 Å². The third-order valence-corrected chi connectivity index (χ3v) is 5.52. The van der Waals surface area contributed by atoms with E-state index in [0.29, 0.717) is 10.9 Å². The van der Waals surface area contributed by atoms with E-state index in [4.69, 9.17) is 4.74 Å². The molecule has 122 valence electrons. The zero-order chi connectivity index (χ0) is 16.6. The molecule has 0 spiro atoms. The highest BCUT2D eigenvalue weighted by molar-refractivity contribution is 7.84. The predicted molar refractivity (Wildman–Crippen MR) is 93.6 cm³/mol. The number of pyridine rings is 1. The van der Waals surface area contributed by atoms with Gasteiger partial charge in [0.25, 0.3) is 0 Å². The molecule has 3 rings (SSSR count). The summed E-state index contributed by atoms with van der Waals surface area (Å²) >= 11 is 1.70. The normalized spacial score (nSPS) is 12.9. The Bertz CT molecular complexity index is 833. The molecule has 0 aliphatic heterocycles. The van der Waals surface area contributed by atoms with Crippen LogP contribution in [0.25, 0.3) is 11.0 Å². The van der Waals surface area contributed by atoms with Crippen LogP contribution in [0.15, 0.2) is 23.5 Å². The zero-order valence-corrected chi connectivity index (χ0v) is 15.2. The smallest absolute Gasteiger partial charge is 0.197 e. The van der Waals surface area contributed by atoms with Gasteiger partial charge in [0.1, 0.15) is 11.3 Å². The molecule has 3 aromatic heterocycles. The second-order valence-corrected chi connectivity index (χ2v) is 8.41. The Morgan fingerprint density at radius 3 is 2.83 bits per heavy atom. The minimum atomic E-state index is -1.26. The molecule has 0 bridgehead atoms. The van der Waals surface area contributed by atoms with Gasteiger partial charge in [-0.25, -0.2) is 4.98 Å². The average Bonchev–Trinajstić information content (AvgIpc) is 3.01. The van der Waals surface area contributed by atoms with Crippen LogP contribution < -0.4 is 4.74 Å². The number of nitrogens with one attached hydrogen (secondary N) is 1. The first-order valence-corrected chi connectivity index (χ1v) is 9.53. The molecule has 23 heavy (non-hydrogen) atoms. The lowest BCUT2D eigenvalue weighted by Gasteiger charge is -2.10. The Balaban J connectivity index is 1.81. The third-order valence-electron chi connectivity index (χ3n) is 3.33. The summed E-state index contributed by atoms with van der Waals surface area (Å²) in [6, 6.07) is 3.64. The summed E-state index contributed by atoms with van der Waals surface area (Å²) in [7, 11) is -1.26. The summed E-state index contributed by atoms with van der Waals surface area (Å²) in [4.78, 5) is 14.3. The van der Waals surface area contributed by atoms with E-state index in [9.17, 15) is 4.21 Å². The average molecular weight is 349 g/mol.